The molecule has 0 bridgehead atoms. The fraction of sp³-hybridized carbons (Fsp3) is 0.714. The fourth-order valence-corrected chi connectivity index (χ4v) is 4.63. The van der Waals surface area contributed by atoms with Crippen LogP contribution < -0.4 is 5.32 Å². The summed E-state index contributed by atoms with van der Waals surface area (Å²) in [4.78, 5) is 40.6. The Labute approximate surface area is 177 Å². The van der Waals surface area contributed by atoms with E-state index in [4.69, 9.17) is 14.7 Å². The molecule has 2 fully saturated rings. The summed E-state index contributed by atoms with van der Waals surface area (Å²) in [7, 11) is 1.85. The second-order valence-electron chi connectivity index (χ2n) is 8.28. The van der Waals surface area contributed by atoms with Crippen LogP contribution in [0.3, 0.4) is 0 Å². The highest BCUT2D eigenvalue weighted by Crippen LogP contribution is 2.32. The Morgan fingerprint density at radius 2 is 1.93 bits per heavy atom. The van der Waals surface area contributed by atoms with Crippen molar-refractivity contribution in [1.82, 2.24) is 24.7 Å². The second-order valence-corrected chi connectivity index (χ2v) is 8.28. The molecule has 1 atom stereocenters. The van der Waals surface area contributed by atoms with E-state index in [9.17, 15) is 9.59 Å². The third-order valence-electron chi connectivity index (χ3n) is 6.33. The van der Waals surface area contributed by atoms with Crippen LogP contribution in [0.25, 0.3) is 0 Å². The van der Waals surface area contributed by atoms with Crippen molar-refractivity contribution in [3.63, 3.8) is 0 Å². The number of aromatic nitrogens is 2. The zero-order valence-electron chi connectivity index (χ0n) is 18.0. The fourth-order valence-electron chi connectivity index (χ4n) is 4.63. The van der Waals surface area contributed by atoms with Crippen LogP contribution in [0.2, 0.25) is 0 Å². The highest BCUT2D eigenvalue weighted by molar-refractivity contribution is 5.79. The number of likely N-dealkylation sites (tertiary alicyclic amines) is 1. The van der Waals surface area contributed by atoms with E-state index in [1.54, 1.807) is 6.92 Å². The second kappa shape index (κ2) is 9.26. The molecule has 3 aliphatic rings. The number of nitrogens with one attached hydrogen (secondary N) is 1. The molecule has 3 aliphatic heterocycles. The Bertz CT molecular complexity index is 778. The summed E-state index contributed by atoms with van der Waals surface area (Å²) >= 11 is 0. The minimum atomic E-state index is -0.0605. The molecule has 4 heterocycles. The number of carbonyl (C=O) groups is 2. The maximum atomic E-state index is 12.8. The van der Waals surface area contributed by atoms with Crippen LogP contribution in [0.4, 0.5) is 5.82 Å². The minimum absolute atomic E-state index is 0.0605. The molecular formula is C21H32N6O3. The van der Waals surface area contributed by atoms with Gasteiger partial charge in [-0.25, -0.2) is 9.97 Å². The van der Waals surface area contributed by atoms with Crippen LogP contribution in [-0.2, 0) is 27.3 Å². The molecule has 2 saturated heterocycles. The van der Waals surface area contributed by atoms with E-state index in [1.807, 2.05) is 16.8 Å². The summed E-state index contributed by atoms with van der Waals surface area (Å²) in [5.41, 5.74) is 1.99. The van der Waals surface area contributed by atoms with Crippen molar-refractivity contribution >= 4 is 17.6 Å². The maximum absolute atomic E-state index is 12.8. The monoisotopic (exact) mass is 416 g/mol. The van der Waals surface area contributed by atoms with Gasteiger partial charge in [-0.1, -0.05) is 0 Å². The lowest BCUT2D eigenvalue weighted by Crippen LogP contribution is -2.46. The summed E-state index contributed by atoms with van der Waals surface area (Å²) < 4.78 is 5.37. The van der Waals surface area contributed by atoms with E-state index >= 15 is 0 Å². The molecule has 0 aliphatic carbocycles. The van der Waals surface area contributed by atoms with Crippen LogP contribution >= 0.6 is 0 Å². The van der Waals surface area contributed by atoms with Crippen molar-refractivity contribution < 1.29 is 14.3 Å². The smallest absolute Gasteiger partial charge is 0.237 e. The van der Waals surface area contributed by atoms with Gasteiger partial charge in [-0.2, -0.15) is 0 Å². The van der Waals surface area contributed by atoms with Gasteiger partial charge in [-0.3, -0.25) is 14.5 Å². The topological polar surface area (TPSA) is 90.9 Å². The van der Waals surface area contributed by atoms with Crippen molar-refractivity contribution in [3.05, 3.63) is 17.1 Å². The van der Waals surface area contributed by atoms with Gasteiger partial charge in [0.2, 0.25) is 11.8 Å². The van der Waals surface area contributed by atoms with Gasteiger partial charge in [0.25, 0.3) is 0 Å². The summed E-state index contributed by atoms with van der Waals surface area (Å²) in [5.74, 6) is 1.71. The quantitative estimate of drug-likeness (QED) is 0.777. The SMILES string of the molecule is CNc1nc([C@@H]2CCCCN2C(C)=O)nc2c1CN(C(=O)CN1CCOCC1)CC2. The van der Waals surface area contributed by atoms with Crippen molar-refractivity contribution in [1.29, 1.82) is 0 Å². The van der Waals surface area contributed by atoms with Crippen LogP contribution in [0.5, 0.6) is 0 Å². The van der Waals surface area contributed by atoms with Crippen LogP contribution in [0, 0.1) is 0 Å². The number of amides is 2. The number of piperidine rings is 1. The number of carbonyl (C=O) groups excluding carboxylic acids is 2. The van der Waals surface area contributed by atoms with Crippen LogP contribution in [-0.4, -0.2) is 89.5 Å². The Hall–Kier alpha value is -2.26. The molecule has 1 aromatic heterocycles. The molecule has 30 heavy (non-hydrogen) atoms. The number of fused-ring (bicyclic) bond motifs is 1. The number of rotatable bonds is 4. The highest BCUT2D eigenvalue weighted by Gasteiger charge is 2.32. The Morgan fingerprint density at radius 1 is 1.13 bits per heavy atom. The van der Waals surface area contributed by atoms with Crippen molar-refractivity contribution in [2.75, 3.05) is 58.3 Å². The van der Waals surface area contributed by atoms with E-state index in [0.717, 1.165) is 61.8 Å². The molecule has 0 aromatic carbocycles. The molecule has 1 N–H and O–H groups in total. The Balaban J connectivity index is 1.51. The summed E-state index contributed by atoms with van der Waals surface area (Å²) in [6.07, 6.45) is 3.71. The molecule has 4 rings (SSSR count). The van der Waals surface area contributed by atoms with E-state index in [0.29, 0.717) is 39.3 Å². The van der Waals surface area contributed by atoms with Gasteiger partial charge in [0.1, 0.15) is 5.82 Å². The van der Waals surface area contributed by atoms with Crippen molar-refractivity contribution in [3.8, 4) is 0 Å². The standard InChI is InChI=1S/C21H32N6O3/c1-15(28)27-7-4-3-5-18(27)21-23-17-6-8-26(13-16(17)20(22-2)24-21)19(29)14-25-9-11-30-12-10-25/h18H,3-14H2,1-2H3,(H,22,23,24)/t18-/m0/s1. The van der Waals surface area contributed by atoms with Crippen molar-refractivity contribution in [2.45, 2.75) is 45.2 Å². The summed E-state index contributed by atoms with van der Waals surface area (Å²) in [6, 6.07) is -0.0605. The largest absolute Gasteiger partial charge is 0.379 e. The van der Waals surface area contributed by atoms with Gasteiger partial charge >= 0.3 is 0 Å². The zero-order valence-corrected chi connectivity index (χ0v) is 18.0. The predicted octanol–water partition coefficient (Wildman–Crippen LogP) is 0.809. The molecule has 0 unspecified atom stereocenters. The third kappa shape index (κ3) is 4.41. The molecule has 2 amide bonds. The maximum Gasteiger partial charge on any atom is 0.237 e. The third-order valence-corrected chi connectivity index (χ3v) is 6.33. The lowest BCUT2D eigenvalue weighted by Gasteiger charge is -2.36. The molecule has 0 radical (unpaired) electrons. The number of morpholine rings is 1. The molecular weight excluding hydrogens is 384 g/mol. The van der Waals surface area contributed by atoms with Gasteiger partial charge in [0.15, 0.2) is 5.82 Å². The predicted molar refractivity (Wildman–Crippen MR) is 112 cm³/mol. The summed E-state index contributed by atoms with van der Waals surface area (Å²) in [6.45, 7) is 6.99. The van der Waals surface area contributed by atoms with E-state index in [-0.39, 0.29) is 17.9 Å². The number of hydrogen-bond acceptors (Lipinski definition) is 7. The molecule has 0 spiro atoms. The number of ether oxygens (including phenoxy) is 1. The van der Waals surface area contributed by atoms with E-state index < -0.39 is 0 Å². The van der Waals surface area contributed by atoms with E-state index in [1.165, 1.54) is 0 Å². The van der Waals surface area contributed by atoms with Gasteiger partial charge in [0, 0.05) is 52.1 Å². The Kier molecular flexibility index (Phi) is 6.48. The zero-order chi connectivity index (χ0) is 21.1. The lowest BCUT2D eigenvalue weighted by molar-refractivity contribution is -0.134. The van der Waals surface area contributed by atoms with Crippen LogP contribution in [0.1, 0.15) is 49.3 Å². The molecule has 0 saturated carbocycles. The lowest BCUT2D eigenvalue weighted by atomic mass is 10.00. The van der Waals surface area contributed by atoms with Crippen LogP contribution in [0.15, 0.2) is 0 Å². The van der Waals surface area contributed by atoms with Gasteiger partial charge in [-0.05, 0) is 19.3 Å². The highest BCUT2D eigenvalue weighted by atomic mass is 16.5. The number of anilines is 1. The van der Waals surface area contributed by atoms with E-state index in [2.05, 4.69) is 10.2 Å². The molecule has 164 valence electrons. The molecule has 9 nitrogen and oxygen atoms in total. The molecule has 9 heteroatoms. The number of nitrogens with zero attached hydrogens (tertiary/aromatic N) is 5. The minimum Gasteiger partial charge on any atom is -0.379 e. The first-order chi connectivity index (χ1) is 14.6. The average molecular weight is 417 g/mol. The van der Waals surface area contributed by atoms with Crippen molar-refractivity contribution in [2.24, 2.45) is 0 Å². The molecule has 1 aromatic rings. The van der Waals surface area contributed by atoms with Gasteiger partial charge < -0.3 is 19.9 Å². The average Bonchev–Trinajstić information content (AvgIpc) is 2.78. The Morgan fingerprint density at radius 3 is 2.67 bits per heavy atom. The first-order valence-electron chi connectivity index (χ1n) is 11.0. The first-order valence-corrected chi connectivity index (χ1v) is 11.0. The summed E-state index contributed by atoms with van der Waals surface area (Å²) in [5, 5.41) is 3.20. The first kappa shape index (κ1) is 21.0. The number of hydrogen-bond donors (Lipinski definition) is 1. The normalized spacial score (nSPS) is 22.5. The van der Waals surface area contributed by atoms with Gasteiger partial charge in [-0.15, -0.1) is 0 Å². The van der Waals surface area contributed by atoms with Gasteiger partial charge in [0.05, 0.1) is 38.0 Å².